The molecule has 5 nitrogen and oxygen atoms in total. The van der Waals surface area contributed by atoms with Gasteiger partial charge in [-0.1, -0.05) is 0 Å². The molecule has 0 atom stereocenters. The Balaban J connectivity index is 2.37. The number of rotatable bonds is 5. The normalized spacial score (nSPS) is 13.9. The van der Waals surface area contributed by atoms with Crippen LogP contribution in [0.15, 0.2) is 0 Å². The first kappa shape index (κ1) is 13.7. The van der Waals surface area contributed by atoms with Crippen LogP contribution in [-0.4, -0.2) is 26.2 Å². The van der Waals surface area contributed by atoms with E-state index in [0.717, 1.165) is 18.1 Å². The second kappa shape index (κ2) is 5.49. The summed E-state index contributed by atoms with van der Waals surface area (Å²) in [7, 11) is 1.31. The fraction of sp³-hybridized carbons (Fsp3) is 0.538. The molecule has 0 amide bonds. The van der Waals surface area contributed by atoms with Crippen molar-refractivity contribution in [1.29, 1.82) is 5.26 Å². The van der Waals surface area contributed by atoms with Crippen LogP contribution in [0.3, 0.4) is 0 Å². The van der Waals surface area contributed by atoms with Crippen molar-refractivity contribution < 1.29 is 9.53 Å². The summed E-state index contributed by atoms with van der Waals surface area (Å²) in [6.45, 7) is 3.76. The number of methoxy groups -OCH3 is 1. The smallest absolute Gasteiger partial charge is 0.350 e. The quantitative estimate of drug-likeness (QED) is 0.836. The molecule has 1 aromatic heterocycles. The van der Waals surface area contributed by atoms with Crippen molar-refractivity contribution in [1.82, 2.24) is 0 Å². The fourth-order valence-corrected chi connectivity index (χ4v) is 3.14. The third-order valence-corrected chi connectivity index (χ3v) is 4.50. The van der Waals surface area contributed by atoms with E-state index in [9.17, 15) is 10.1 Å². The molecule has 1 saturated carbocycles. The topological polar surface area (TPSA) is 79.3 Å². The van der Waals surface area contributed by atoms with Crippen molar-refractivity contribution in [2.24, 2.45) is 5.92 Å². The van der Waals surface area contributed by atoms with Gasteiger partial charge >= 0.3 is 5.97 Å². The van der Waals surface area contributed by atoms with Crippen LogP contribution >= 0.6 is 11.3 Å². The van der Waals surface area contributed by atoms with Crippen LogP contribution < -0.4 is 10.6 Å². The van der Waals surface area contributed by atoms with Gasteiger partial charge in [0.15, 0.2) is 0 Å². The first-order chi connectivity index (χ1) is 9.12. The van der Waals surface area contributed by atoms with Gasteiger partial charge < -0.3 is 15.4 Å². The molecule has 0 saturated heterocycles. The zero-order valence-electron chi connectivity index (χ0n) is 11.1. The van der Waals surface area contributed by atoms with Gasteiger partial charge in [0.25, 0.3) is 0 Å². The highest BCUT2D eigenvalue weighted by Gasteiger charge is 2.28. The van der Waals surface area contributed by atoms with E-state index in [0.29, 0.717) is 16.4 Å². The molecule has 0 unspecified atom stereocenters. The lowest BCUT2D eigenvalue weighted by molar-refractivity contribution is 0.0607. The number of esters is 1. The van der Waals surface area contributed by atoms with E-state index in [1.54, 1.807) is 0 Å². The zero-order chi connectivity index (χ0) is 14.0. The van der Waals surface area contributed by atoms with Crippen molar-refractivity contribution in [3.05, 3.63) is 10.4 Å². The average molecular weight is 279 g/mol. The molecule has 0 spiro atoms. The number of nitriles is 1. The van der Waals surface area contributed by atoms with Crippen LogP contribution in [0, 0.1) is 17.2 Å². The Kier molecular flexibility index (Phi) is 3.96. The largest absolute Gasteiger partial charge is 0.465 e. The number of nitrogen functional groups attached to an aromatic ring is 1. The molecular formula is C13H17N3O2S. The van der Waals surface area contributed by atoms with E-state index in [1.165, 1.54) is 31.3 Å². The molecule has 1 heterocycles. The summed E-state index contributed by atoms with van der Waals surface area (Å²) >= 11 is 1.25. The number of hydrogen-bond donors (Lipinski definition) is 1. The Labute approximate surface area is 116 Å². The SMILES string of the molecule is CCN(CC1CC1)c1sc(C(=O)OC)c(N)c1C#N. The number of nitrogens with two attached hydrogens (primary N) is 1. The van der Waals surface area contributed by atoms with Gasteiger partial charge in [0.05, 0.1) is 12.8 Å². The second-order valence-corrected chi connectivity index (χ2v) is 5.61. The highest BCUT2D eigenvalue weighted by molar-refractivity contribution is 7.18. The van der Waals surface area contributed by atoms with Gasteiger partial charge in [-0.2, -0.15) is 5.26 Å². The Hall–Kier alpha value is -1.74. The average Bonchev–Trinajstić information content (AvgIpc) is 3.18. The third-order valence-electron chi connectivity index (χ3n) is 3.25. The van der Waals surface area contributed by atoms with Crippen molar-refractivity contribution in [3.8, 4) is 6.07 Å². The number of thiophene rings is 1. The Morgan fingerprint density at radius 3 is 2.79 bits per heavy atom. The van der Waals surface area contributed by atoms with Crippen molar-refractivity contribution >= 4 is 28.0 Å². The Morgan fingerprint density at radius 2 is 2.32 bits per heavy atom. The summed E-state index contributed by atoms with van der Waals surface area (Å²) in [5, 5.41) is 10.0. The fourth-order valence-electron chi connectivity index (χ4n) is 1.97. The number of carbonyl (C=O) groups excluding carboxylic acids is 1. The molecule has 2 rings (SSSR count). The summed E-state index contributed by atoms with van der Waals surface area (Å²) in [5.74, 6) is 0.226. The third kappa shape index (κ3) is 2.66. The molecule has 1 aromatic rings. The molecule has 6 heteroatoms. The Morgan fingerprint density at radius 1 is 1.63 bits per heavy atom. The standard InChI is InChI=1S/C13H17N3O2S/c1-3-16(7-8-4-5-8)12-9(6-14)10(15)11(19-12)13(17)18-2/h8H,3-5,7,15H2,1-2H3. The minimum Gasteiger partial charge on any atom is -0.465 e. The van der Waals surface area contributed by atoms with Crippen LogP contribution in [0.1, 0.15) is 35.0 Å². The minimum absolute atomic E-state index is 0.239. The van der Waals surface area contributed by atoms with E-state index >= 15 is 0 Å². The van der Waals surface area contributed by atoms with Gasteiger partial charge in [-0.25, -0.2) is 4.79 Å². The molecule has 0 aliphatic heterocycles. The predicted octanol–water partition coefficient (Wildman–Crippen LogP) is 2.22. The maximum Gasteiger partial charge on any atom is 0.350 e. The zero-order valence-corrected chi connectivity index (χ0v) is 11.9. The molecular weight excluding hydrogens is 262 g/mol. The van der Waals surface area contributed by atoms with Crippen molar-refractivity contribution in [2.45, 2.75) is 19.8 Å². The number of nitrogens with zero attached hydrogens (tertiary/aromatic N) is 2. The van der Waals surface area contributed by atoms with Gasteiger partial charge in [-0.05, 0) is 25.7 Å². The van der Waals surface area contributed by atoms with E-state index in [-0.39, 0.29) is 5.69 Å². The molecule has 1 fully saturated rings. The number of anilines is 2. The lowest BCUT2D eigenvalue weighted by Gasteiger charge is -2.21. The van der Waals surface area contributed by atoms with Gasteiger partial charge in [0, 0.05) is 13.1 Å². The molecule has 1 aliphatic carbocycles. The number of hydrogen-bond acceptors (Lipinski definition) is 6. The molecule has 19 heavy (non-hydrogen) atoms. The van der Waals surface area contributed by atoms with Gasteiger partial charge in [-0.3, -0.25) is 0 Å². The van der Waals surface area contributed by atoms with Crippen LogP contribution in [0.4, 0.5) is 10.7 Å². The maximum atomic E-state index is 11.6. The van der Waals surface area contributed by atoms with Gasteiger partial charge in [0.1, 0.15) is 21.5 Å². The minimum atomic E-state index is -0.479. The number of ether oxygens (including phenoxy) is 1. The molecule has 1 aliphatic rings. The highest BCUT2D eigenvalue weighted by atomic mass is 32.1. The summed E-state index contributed by atoms with van der Waals surface area (Å²) in [5.41, 5.74) is 6.53. The van der Waals surface area contributed by atoms with E-state index < -0.39 is 5.97 Å². The second-order valence-electron chi connectivity index (χ2n) is 4.61. The van der Waals surface area contributed by atoms with Crippen molar-refractivity contribution in [2.75, 3.05) is 30.8 Å². The lowest BCUT2D eigenvalue weighted by atomic mass is 10.2. The van der Waals surface area contributed by atoms with E-state index in [4.69, 9.17) is 10.5 Å². The van der Waals surface area contributed by atoms with E-state index in [1.807, 2.05) is 6.92 Å². The lowest BCUT2D eigenvalue weighted by Crippen LogP contribution is -2.24. The maximum absolute atomic E-state index is 11.6. The van der Waals surface area contributed by atoms with Gasteiger partial charge in [0.2, 0.25) is 0 Å². The molecule has 0 bridgehead atoms. The predicted molar refractivity (Wildman–Crippen MR) is 75.4 cm³/mol. The summed E-state index contributed by atoms with van der Waals surface area (Å²) in [6.07, 6.45) is 2.48. The summed E-state index contributed by atoms with van der Waals surface area (Å²) in [4.78, 5) is 14.1. The van der Waals surface area contributed by atoms with Crippen LogP contribution in [0.2, 0.25) is 0 Å². The first-order valence-electron chi connectivity index (χ1n) is 6.27. The molecule has 102 valence electrons. The molecule has 0 radical (unpaired) electrons. The summed E-state index contributed by atoms with van der Waals surface area (Å²) < 4.78 is 4.70. The highest BCUT2D eigenvalue weighted by Crippen LogP contribution is 2.40. The van der Waals surface area contributed by atoms with E-state index in [2.05, 4.69) is 11.0 Å². The number of carbonyl (C=O) groups is 1. The van der Waals surface area contributed by atoms with Crippen LogP contribution in [0.25, 0.3) is 0 Å². The Bertz CT molecular complexity index is 529. The van der Waals surface area contributed by atoms with Crippen LogP contribution in [0.5, 0.6) is 0 Å². The summed E-state index contributed by atoms with van der Waals surface area (Å²) in [6, 6.07) is 2.11. The first-order valence-corrected chi connectivity index (χ1v) is 7.09. The molecule has 2 N–H and O–H groups in total. The van der Waals surface area contributed by atoms with Gasteiger partial charge in [-0.15, -0.1) is 11.3 Å². The monoisotopic (exact) mass is 279 g/mol. The van der Waals surface area contributed by atoms with Crippen molar-refractivity contribution in [3.63, 3.8) is 0 Å². The molecule has 0 aromatic carbocycles. The van der Waals surface area contributed by atoms with Crippen LogP contribution in [-0.2, 0) is 4.74 Å².